The van der Waals surface area contributed by atoms with Gasteiger partial charge in [-0.3, -0.25) is 19.3 Å². The van der Waals surface area contributed by atoms with Gasteiger partial charge >= 0.3 is 11.9 Å². The Morgan fingerprint density at radius 1 is 0.524 bits per heavy atom. The molecule has 246 valence electrons. The van der Waals surface area contributed by atoms with Crippen molar-refractivity contribution in [3.63, 3.8) is 0 Å². The van der Waals surface area contributed by atoms with Gasteiger partial charge in [-0.1, -0.05) is 38.5 Å². The second kappa shape index (κ2) is 16.2. The number of carbonyl (C=O) groups excluding carboxylic acids is 2. The van der Waals surface area contributed by atoms with Crippen LogP contribution in [0.1, 0.15) is 159 Å². The highest BCUT2D eigenvalue weighted by Gasteiger charge is 2.48. The molecule has 0 amide bonds. The Morgan fingerprint density at radius 3 is 1.05 bits per heavy atom. The summed E-state index contributed by atoms with van der Waals surface area (Å²) >= 11 is 0. The van der Waals surface area contributed by atoms with Gasteiger partial charge in [0.1, 0.15) is 12.2 Å². The molecule has 2 aliphatic rings. The van der Waals surface area contributed by atoms with Crippen LogP contribution in [0.25, 0.3) is 0 Å². The lowest BCUT2D eigenvalue weighted by molar-refractivity contribution is -0.291. The fourth-order valence-electron chi connectivity index (χ4n) is 7.56. The highest BCUT2D eigenvalue weighted by Crippen LogP contribution is 2.41. The highest BCUT2D eigenvalue weighted by atomic mass is 16.7. The summed E-state index contributed by atoms with van der Waals surface area (Å²) in [5.74, 6) is -0.148. The molecule has 2 aliphatic heterocycles. The van der Waals surface area contributed by atoms with E-state index in [2.05, 4.69) is 65.5 Å². The minimum Gasteiger partial charge on any atom is -0.462 e. The molecule has 2 fully saturated rings. The summed E-state index contributed by atoms with van der Waals surface area (Å²) in [5.41, 5.74) is -0.725. The molecule has 2 rings (SSSR count). The van der Waals surface area contributed by atoms with Crippen LogP contribution >= 0.6 is 0 Å². The summed E-state index contributed by atoms with van der Waals surface area (Å²) in [7, 11) is 0. The first-order chi connectivity index (χ1) is 19.5. The Bertz CT molecular complexity index is 736. The van der Waals surface area contributed by atoms with E-state index in [0.717, 1.165) is 64.2 Å². The third kappa shape index (κ3) is 11.4. The predicted molar refractivity (Wildman–Crippen MR) is 168 cm³/mol. The van der Waals surface area contributed by atoms with Crippen molar-refractivity contribution in [1.29, 1.82) is 0 Å². The minimum atomic E-state index is -0.181. The first kappa shape index (κ1) is 37.0. The number of hydroxylamine groups is 4. The van der Waals surface area contributed by atoms with Gasteiger partial charge in [0.05, 0.1) is 13.2 Å². The Balaban J connectivity index is 1.52. The van der Waals surface area contributed by atoms with Crippen LogP contribution in [0.2, 0.25) is 0 Å². The van der Waals surface area contributed by atoms with Crippen molar-refractivity contribution in [2.45, 2.75) is 193 Å². The molecule has 0 bridgehead atoms. The zero-order chi connectivity index (χ0) is 31.6. The van der Waals surface area contributed by atoms with Gasteiger partial charge < -0.3 is 9.47 Å². The number of hydrogen-bond donors (Lipinski definition) is 0. The molecule has 8 nitrogen and oxygen atoms in total. The van der Waals surface area contributed by atoms with Crippen LogP contribution in [0.5, 0.6) is 0 Å². The lowest BCUT2D eigenvalue weighted by Crippen LogP contribution is -2.62. The SMILES string of the molecule is CCON1C(C)(C)CC(OC(=O)CCCCCCCCCCC(=O)OC2CC(C)(C)N(OCC)C(C)(C)C2)CC1(C)C. The molecule has 8 heteroatoms. The zero-order valence-corrected chi connectivity index (χ0v) is 28.8. The van der Waals surface area contributed by atoms with Crippen molar-refractivity contribution >= 4 is 11.9 Å². The van der Waals surface area contributed by atoms with Crippen LogP contribution in [-0.4, -0.2) is 69.6 Å². The summed E-state index contributed by atoms with van der Waals surface area (Å²) in [6, 6.07) is 0. The third-order valence-corrected chi connectivity index (χ3v) is 8.73. The summed E-state index contributed by atoms with van der Waals surface area (Å²) in [6.07, 6.45) is 12.4. The third-order valence-electron chi connectivity index (χ3n) is 8.73. The maximum atomic E-state index is 12.5. The molecule has 2 saturated heterocycles. The van der Waals surface area contributed by atoms with E-state index < -0.39 is 0 Å². The van der Waals surface area contributed by atoms with Crippen molar-refractivity contribution in [2.75, 3.05) is 13.2 Å². The number of ether oxygens (including phenoxy) is 2. The van der Waals surface area contributed by atoms with Gasteiger partial charge in [-0.15, -0.1) is 0 Å². The van der Waals surface area contributed by atoms with Crippen LogP contribution in [0, 0.1) is 0 Å². The molecule has 0 spiro atoms. The van der Waals surface area contributed by atoms with E-state index in [-0.39, 0.29) is 46.3 Å². The van der Waals surface area contributed by atoms with Crippen LogP contribution in [0.15, 0.2) is 0 Å². The molecule has 0 aromatic rings. The Morgan fingerprint density at radius 2 is 0.786 bits per heavy atom. The van der Waals surface area contributed by atoms with Crippen molar-refractivity contribution in [1.82, 2.24) is 10.1 Å². The number of rotatable bonds is 17. The van der Waals surface area contributed by atoms with Gasteiger partial charge in [0.25, 0.3) is 0 Å². The summed E-state index contributed by atoms with van der Waals surface area (Å²) < 4.78 is 11.8. The molecule has 0 atom stereocenters. The standard InChI is InChI=1S/C34H64N2O6/c1-11-39-35-31(3,4)23-27(24-32(35,5)6)41-29(37)21-19-17-15-13-14-16-18-20-22-30(38)42-28-25-33(7,8)36(40-12-2)34(9,10)26-28/h27-28H,11-26H2,1-10H3. The Kier molecular flexibility index (Phi) is 14.3. The summed E-state index contributed by atoms with van der Waals surface area (Å²) in [4.78, 5) is 36.9. The average molecular weight is 597 g/mol. The van der Waals surface area contributed by atoms with Crippen molar-refractivity contribution < 1.29 is 28.7 Å². The summed E-state index contributed by atoms with van der Waals surface area (Å²) in [6.45, 7) is 22.6. The first-order valence-corrected chi connectivity index (χ1v) is 16.8. The quantitative estimate of drug-likeness (QED) is 0.124. The van der Waals surface area contributed by atoms with E-state index >= 15 is 0 Å². The van der Waals surface area contributed by atoms with Crippen molar-refractivity contribution in [3.05, 3.63) is 0 Å². The van der Waals surface area contributed by atoms with Gasteiger partial charge in [0, 0.05) is 60.7 Å². The zero-order valence-electron chi connectivity index (χ0n) is 28.8. The number of nitrogens with zero attached hydrogens (tertiary/aromatic N) is 2. The van der Waals surface area contributed by atoms with Crippen molar-refractivity contribution in [3.8, 4) is 0 Å². The highest BCUT2D eigenvalue weighted by molar-refractivity contribution is 5.69. The van der Waals surface area contributed by atoms with Crippen LogP contribution in [-0.2, 0) is 28.7 Å². The van der Waals surface area contributed by atoms with Gasteiger partial charge in [-0.25, -0.2) is 0 Å². The summed E-state index contributed by atoms with van der Waals surface area (Å²) in [5, 5.41) is 4.18. The fourth-order valence-corrected chi connectivity index (χ4v) is 7.56. The van der Waals surface area contributed by atoms with E-state index in [1.807, 2.05) is 13.8 Å². The number of esters is 2. The maximum absolute atomic E-state index is 12.5. The van der Waals surface area contributed by atoms with Crippen molar-refractivity contribution in [2.24, 2.45) is 0 Å². The smallest absolute Gasteiger partial charge is 0.306 e. The molecular formula is C34H64N2O6. The minimum absolute atomic E-state index is 0.0661. The number of hydrogen-bond acceptors (Lipinski definition) is 8. The normalized spacial score (nSPS) is 22.6. The molecule has 0 aliphatic carbocycles. The second-order valence-electron chi connectivity index (χ2n) is 15.0. The van der Waals surface area contributed by atoms with Crippen LogP contribution in [0.4, 0.5) is 0 Å². The van der Waals surface area contributed by atoms with Crippen LogP contribution < -0.4 is 0 Å². The van der Waals surface area contributed by atoms with E-state index in [9.17, 15) is 9.59 Å². The predicted octanol–water partition coefficient (Wildman–Crippen LogP) is 7.92. The van der Waals surface area contributed by atoms with E-state index in [0.29, 0.717) is 26.1 Å². The molecule has 42 heavy (non-hydrogen) atoms. The Labute approximate surface area is 257 Å². The van der Waals surface area contributed by atoms with E-state index in [4.69, 9.17) is 19.1 Å². The number of piperidine rings is 2. The molecule has 0 saturated carbocycles. The van der Waals surface area contributed by atoms with Gasteiger partial charge in [-0.05, 0) is 82.1 Å². The van der Waals surface area contributed by atoms with Crippen LogP contribution in [0.3, 0.4) is 0 Å². The first-order valence-electron chi connectivity index (χ1n) is 16.8. The second-order valence-corrected chi connectivity index (χ2v) is 15.0. The lowest BCUT2D eigenvalue weighted by atomic mass is 9.80. The molecule has 0 aromatic heterocycles. The average Bonchev–Trinajstić information content (AvgIpc) is 2.83. The van der Waals surface area contributed by atoms with E-state index in [1.165, 1.54) is 12.8 Å². The molecule has 0 radical (unpaired) electrons. The fraction of sp³-hybridized carbons (Fsp3) is 0.941. The monoisotopic (exact) mass is 596 g/mol. The van der Waals surface area contributed by atoms with Gasteiger partial charge in [0.2, 0.25) is 0 Å². The largest absolute Gasteiger partial charge is 0.462 e. The molecule has 0 unspecified atom stereocenters. The molecule has 0 aromatic carbocycles. The number of unbranched alkanes of at least 4 members (excludes halogenated alkanes) is 7. The van der Waals surface area contributed by atoms with Gasteiger partial charge in [0.15, 0.2) is 0 Å². The van der Waals surface area contributed by atoms with E-state index in [1.54, 1.807) is 0 Å². The molecular weight excluding hydrogens is 532 g/mol. The Hall–Kier alpha value is -1.22. The lowest BCUT2D eigenvalue weighted by Gasteiger charge is -2.53. The molecule has 2 heterocycles. The van der Waals surface area contributed by atoms with Gasteiger partial charge in [-0.2, -0.15) is 10.1 Å². The topological polar surface area (TPSA) is 77.5 Å². The number of carbonyl (C=O) groups is 2. The maximum Gasteiger partial charge on any atom is 0.306 e. The molecule has 0 N–H and O–H groups in total.